The van der Waals surface area contributed by atoms with Crippen molar-refractivity contribution in [1.82, 2.24) is 0 Å². The molecule has 18 heavy (non-hydrogen) atoms. The monoisotopic (exact) mass is 306 g/mol. The number of carbonyl (C=O) groups is 1. The van der Waals surface area contributed by atoms with Crippen LogP contribution in [0.1, 0.15) is 10.4 Å². The number of carbonyl (C=O) groups excluding carboxylic acids is 1. The largest absolute Gasteiger partial charge is 0.506 e. The fraction of sp³-hybridized carbons (Fsp3) is 0. The first-order valence-corrected chi connectivity index (χ1v) is 6.01. The highest BCUT2D eigenvalue weighted by molar-refractivity contribution is 9.10. The molecule has 0 bridgehead atoms. The Balaban J connectivity index is 2.21. The summed E-state index contributed by atoms with van der Waals surface area (Å²) in [7, 11) is 0. The van der Waals surface area contributed by atoms with Gasteiger partial charge in [0.1, 0.15) is 5.75 Å². The number of benzene rings is 2. The number of anilines is 2. The Bertz CT molecular complexity index is 582. The van der Waals surface area contributed by atoms with Crippen molar-refractivity contribution in [2.75, 3.05) is 11.1 Å². The average Bonchev–Trinajstić information content (AvgIpc) is 2.34. The number of nitrogen functional groups attached to an aromatic ring is 1. The summed E-state index contributed by atoms with van der Waals surface area (Å²) in [5.41, 5.74) is 6.97. The first-order valence-electron chi connectivity index (χ1n) is 5.21. The summed E-state index contributed by atoms with van der Waals surface area (Å²) in [6.45, 7) is 0. The van der Waals surface area contributed by atoms with Crippen LogP contribution in [0.15, 0.2) is 46.9 Å². The maximum atomic E-state index is 11.9. The third-order valence-corrected chi connectivity index (χ3v) is 2.87. The van der Waals surface area contributed by atoms with Crippen LogP contribution in [0.4, 0.5) is 11.4 Å². The van der Waals surface area contributed by atoms with Crippen LogP contribution in [0, 0.1) is 0 Å². The van der Waals surface area contributed by atoms with Gasteiger partial charge >= 0.3 is 0 Å². The molecule has 0 heterocycles. The minimum atomic E-state index is -0.302. The Kier molecular flexibility index (Phi) is 3.53. The second kappa shape index (κ2) is 5.10. The van der Waals surface area contributed by atoms with E-state index in [0.717, 1.165) is 4.47 Å². The zero-order chi connectivity index (χ0) is 13.1. The van der Waals surface area contributed by atoms with Crippen LogP contribution in [0.5, 0.6) is 5.75 Å². The second-order valence-corrected chi connectivity index (χ2v) is 4.65. The number of aromatic hydroxyl groups is 1. The van der Waals surface area contributed by atoms with E-state index in [2.05, 4.69) is 21.2 Å². The molecule has 92 valence electrons. The van der Waals surface area contributed by atoms with Crippen LogP contribution in [0.25, 0.3) is 0 Å². The highest BCUT2D eigenvalue weighted by Crippen LogP contribution is 2.27. The smallest absolute Gasteiger partial charge is 0.255 e. The van der Waals surface area contributed by atoms with Crippen molar-refractivity contribution in [3.63, 3.8) is 0 Å². The molecule has 0 saturated heterocycles. The molecular formula is C13H11BrN2O2. The van der Waals surface area contributed by atoms with Gasteiger partial charge in [-0.3, -0.25) is 4.79 Å². The van der Waals surface area contributed by atoms with Gasteiger partial charge in [-0.1, -0.05) is 15.9 Å². The van der Waals surface area contributed by atoms with Gasteiger partial charge in [-0.05, 0) is 42.5 Å². The van der Waals surface area contributed by atoms with Crippen molar-refractivity contribution in [3.05, 3.63) is 52.5 Å². The summed E-state index contributed by atoms with van der Waals surface area (Å²) < 4.78 is 0.771. The number of hydrogen-bond donors (Lipinski definition) is 3. The van der Waals surface area contributed by atoms with Gasteiger partial charge < -0.3 is 16.2 Å². The number of amides is 1. The predicted octanol–water partition coefficient (Wildman–Crippen LogP) is 2.99. The standard InChI is InChI=1S/C13H11BrN2O2/c14-9-3-6-12(17)11(7-9)16-13(18)8-1-4-10(15)5-2-8/h1-7,17H,15H2,(H,16,18). The SMILES string of the molecule is Nc1ccc(C(=O)Nc2cc(Br)ccc2O)cc1. The van der Waals surface area contributed by atoms with Gasteiger partial charge in [-0.25, -0.2) is 0 Å². The lowest BCUT2D eigenvalue weighted by atomic mass is 10.2. The number of nitrogens with two attached hydrogens (primary N) is 1. The Morgan fingerprint density at radius 3 is 2.50 bits per heavy atom. The Hall–Kier alpha value is -2.01. The zero-order valence-corrected chi connectivity index (χ0v) is 10.9. The minimum Gasteiger partial charge on any atom is -0.506 e. The Labute approximate surface area is 113 Å². The third-order valence-electron chi connectivity index (χ3n) is 2.38. The van der Waals surface area contributed by atoms with E-state index in [0.29, 0.717) is 16.9 Å². The maximum Gasteiger partial charge on any atom is 0.255 e. The van der Waals surface area contributed by atoms with E-state index < -0.39 is 0 Å². The van der Waals surface area contributed by atoms with Gasteiger partial charge in [0.05, 0.1) is 5.69 Å². The molecule has 0 aliphatic heterocycles. The summed E-state index contributed by atoms with van der Waals surface area (Å²) >= 11 is 3.27. The van der Waals surface area contributed by atoms with Crippen LogP contribution in [0.3, 0.4) is 0 Å². The molecule has 0 aliphatic rings. The van der Waals surface area contributed by atoms with Gasteiger partial charge in [-0.15, -0.1) is 0 Å². The molecule has 2 aromatic carbocycles. The van der Waals surface area contributed by atoms with E-state index in [4.69, 9.17) is 5.73 Å². The maximum absolute atomic E-state index is 11.9. The normalized spacial score (nSPS) is 10.1. The molecule has 0 atom stereocenters. The minimum absolute atomic E-state index is 0.0157. The second-order valence-electron chi connectivity index (χ2n) is 3.74. The van der Waals surface area contributed by atoms with Crippen LogP contribution < -0.4 is 11.1 Å². The first-order chi connectivity index (χ1) is 8.56. The molecule has 0 fully saturated rings. The van der Waals surface area contributed by atoms with E-state index >= 15 is 0 Å². The summed E-state index contributed by atoms with van der Waals surface area (Å²) in [4.78, 5) is 11.9. The summed E-state index contributed by atoms with van der Waals surface area (Å²) in [5, 5.41) is 12.2. The molecule has 4 N–H and O–H groups in total. The third kappa shape index (κ3) is 2.81. The summed E-state index contributed by atoms with van der Waals surface area (Å²) in [6, 6.07) is 11.4. The highest BCUT2D eigenvalue weighted by Gasteiger charge is 2.09. The molecule has 0 saturated carbocycles. The number of hydrogen-bond acceptors (Lipinski definition) is 3. The average molecular weight is 307 g/mol. The van der Waals surface area contributed by atoms with Crippen molar-refractivity contribution in [1.29, 1.82) is 0 Å². The topological polar surface area (TPSA) is 75.4 Å². The van der Waals surface area contributed by atoms with Crippen molar-refractivity contribution >= 4 is 33.2 Å². The van der Waals surface area contributed by atoms with Crippen LogP contribution in [-0.4, -0.2) is 11.0 Å². The number of phenols is 1. The highest BCUT2D eigenvalue weighted by atomic mass is 79.9. The van der Waals surface area contributed by atoms with E-state index in [1.807, 2.05) is 0 Å². The molecule has 5 heteroatoms. The fourth-order valence-corrected chi connectivity index (χ4v) is 1.80. The van der Waals surface area contributed by atoms with E-state index in [9.17, 15) is 9.90 Å². The molecule has 2 rings (SSSR count). The molecule has 0 aliphatic carbocycles. The quantitative estimate of drug-likeness (QED) is 0.590. The van der Waals surface area contributed by atoms with Gasteiger partial charge in [0.25, 0.3) is 5.91 Å². The Morgan fingerprint density at radius 1 is 1.17 bits per heavy atom. The lowest BCUT2D eigenvalue weighted by Crippen LogP contribution is -2.11. The molecule has 0 radical (unpaired) electrons. The summed E-state index contributed by atoms with van der Waals surface area (Å²) in [5.74, 6) is -0.287. The first kappa shape index (κ1) is 12.4. The molecule has 4 nitrogen and oxygen atoms in total. The molecule has 0 unspecified atom stereocenters. The zero-order valence-electron chi connectivity index (χ0n) is 9.35. The lowest BCUT2D eigenvalue weighted by molar-refractivity contribution is 0.102. The van der Waals surface area contributed by atoms with Gasteiger partial charge in [0.2, 0.25) is 0 Å². The molecule has 2 aromatic rings. The van der Waals surface area contributed by atoms with Crippen molar-refractivity contribution in [2.45, 2.75) is 0 Å². The predicted molar refractivity (Wildman–Crippen MR) is 74.6 cm³/mol. The molecule has 0 aromatic heterocycles. The van der Waals surface area contributed by atoms with Crippen molar-refractivity contribution in [3.8, 4) is 5.75 Å². The van der Waals surface area contributed by atoms with E-state index in [1.165, 1.54) is 6.07 Å². The van der Waals surface area contributed by atoms with Crippen molar-refractivity contribution in [2.24, 2.45) is 0 Å². The lowest BCUT2D eigenvalue weighted by Gasteiger charge is -2.08. The van der Waals surface area contributed by atoms with Gasteiger partial charge in [-0.2, -0.15) is 0 Å². The molecular weight excluding hydrogens is 296 g/mol. The van der Waals surface area contributed by atoms with E-state index in [-0.39, 0.29) is 11.7 Å². The van der Waals surface area contributed by atoms with Crippen LogP contribution >= 0.6 is 15.9 Å². The molecule has 1 amide bonds. The van der Waals surface area contributed by atoms with Crippen LogP contribution in [0.2, 0.25) is 0 Å². The number of rotatable bonds is 2. The number of nitrogens with one attached hydrogen (secondary N) is 1. The number of halogens is 1. The van der Waals surface area contributed by atoms with Crippen LogP contribution in [-0.2, 0) is 0 Å². The van der Waals surface area contributed by atoms with Crippen molar-refractivity contribution < 1.29 is 9.90 Å². The number of phenolic OH excluding ortho intramolecular Hbond substituents is 1. The van der Waals surface area contributed by atoms with Gasteiger partial charge in [0, 0.05) is 15.7 Å². The fourth-order valence-electron chi connectivity index (χ4n) is 1.44. The van der Waals surface area contributed by atoms with E-state index in [1.54, 1.807) is 36.4 Å². The summed E-state index contributed by atoms with van der Waals surface area (Å²) in [6.07, 6.45) is 0. The van der Waals surface area contributed by atoms with Gasteiger partial charge in [0.15, 0.2) is 0 Å². The molecule has 0 spiro atoms. The Morgan fingerprint density at radius 2 is 1.83 bits per heavy atom.